The van der Waals surface area contributed by atoms with Crippen molar-refractivity contribution in [3.8, 4) is 0 Å². The van der Waals surface area contributed by atoms with E-state index in [0.717, 1.165) is 5.56 Å². The van der Waals surface area contributed by atoms with Crippen molar-refractivity contribution in [2.24, 2.45) is 4.40 Å². The van der Waals surface area contributed by atoms with Crippen LogP contribution in [0.3, 0.4) is 0 Å². The maximum absolute atomic E-state index is 13.1. The fraction of sp³-hybridized carbons (Fsp3) is 0.417. The summed E-state index contributed by atoms with van der Waals surface area (Å²) >= 11 is 3.11. The van der Waals surface area contributed by atoms with Gasteiger partial charge in [-0.05, 0) is 61.3 Å². The molecule has 0 heterocycles. The Morgan fingerprint density at radius 2 is 2.00 bits per heavy atom. The van der Waals surface area contributed by atoms with E-state index in [9.17, 15) is 8.60 Å². The second kappa shape index (κ2) is 5.40. The van der Waals surface area contributed by atoms with Crippen molar-refractivity contribution < 1.29 is 8.60 Å². The van der Waals surface area contributed by atoms with Crippen molar-refractivity contribution in [1.82, 2.24) is 0 Å². The number of hydrogen-bond donors (Lipinski definition) is 0. The van der Waals surface area contributed by atoms with Crippen molar-refractivity contribution in [3.05, 3.63) is 34.1 Å². The molecule has 5 heteroatoms. The molecular weight excluding hydrogens is 305 g/mol. The highest BCUT2D eigenvalue weighted by Crippen LogP contribution is 2.19. The van der Waals surface area contributed by atoms with Gasteiger partial charge in [-0.2, -0.15) is 4.40 Å². The Bertz CT molecular complexity index is 480. The third-order valence-electron chi connectivity index (χ3n) is 2.08. The maximum atomic E-state index is 13.1. The highest BCUT2D eigenvalue weighted by Gasteiger charge is 2.19. The van der Waals surface area contributed by atoms with Crippen LogP contribution in [0.15, 0.2) is 27.1 Å². The fourth-order valence-electron chi connectivity index (χ4n) is 1.04. The van der Waals surface area contributed by atoms with Crippen LogP contribution < -0.4 is 0 Å². The van der Waals surface area contributed by atoms with E-state index < -0.39 is 15.7 Å². The molecule has 0 aliphatic carbocycles. The van der Waals surface area contributed by atoms with Gasteiger partial charge in [-0.25, -0.2) is 8.60 Å². The van der Waals surface area contributed by atoms with Crippen molar-refractivity contribution in [3.63, 3.8) is 0 Å². The van der Waals surface area contributed by atoms with E-state index in [0.29, 0.717) is 10.2 Å². The smallest absolute Gasteiger partial charge is 0.145 e. The average Bonchev–Trinajstić information content (AvgIpc) is 2.20. The summed E-state index contributed by atoms with van der Waals surface area (Å²) in [5, 5.41) is 0. The molecule has 94 valence electrons. The molecular formula is C12H15BrFNOS. The molecule has 1 atom stereocenters. The van der Waals surface area contributed by atoms with E-state index in [4.69, 9.17) is 0 Å². The lowest BCUT2D eigenvalue weighted by molar-refractivity contribution is 0.621. The molecule has 0 radical (unpaired) electrons. The Balaban J connectivity index is 3.04. The van der Waals surface area contributed by atoms with Crippen LogP contribution in [-0.2, 0) is 11.0 Å². The maximum Gasteiger partial charge on any atom is 0.145 e. The molecule has 0 aliphatic heterocycles. The van der Waals surface area contributed by atoms with Crippen LogP contribution in [0.5, 0.6) is 0 Å². The molecule has 0 saturated carbocycles. The first-order chi connectivity index (χ1) is 7.71. The van der Waals surface area contributed by atoms with Gasteiger partial charge in [-0.3, -0.25) is 0 Å². The van der Waals surface area contributed by atoms with Crippen LogP contribution in [-0.4, -0.2) is 14.7 Å². The van der Waals surface area contributed by atoms with Gasteiger partial charge in [0.25, 0.3) is 0 Å². The van der Waals surface area contributed by atoms with Crippen molar-refractivity contribution in [1.29, 1.82) is 0 Å². The highest BCUT2D eigenvalue weighted by atomic mass is 79.9. The summed E-state index contributed by atoms with van der Waals surface area (Å²) in [7, 11) is -1.30. The van der Waals surface area contributed by atoms with Gasteiger partial charge in [0.2, 0.25) is 0 Å². The number of rotatable bonds is 2. The van der Waals surface area contributed by atoms with Crippen molar-refractivity contribution >= 4 is 32.6 Å². The quantitative estimate of drug-likeness (QED) is 0.761. The molecule has 0 amide bonds. The minimum atomic E-state index is -1.30. The van der Waals surface area contributed by atoms with Gasteiger partial charge >= 0.3 is 0 Å². The Labute approximate surface area is 112 Å². The lowest BCUT2D eigenvalue weighted by atomic mass is 10.1. The molecule has 0 aromatic heterocycles. The molecule has 0 fully saturated rings. The first-order valence-electron chi connectivity index (χ1n) is 5.14. The minimum absolute atomic E-state index is 0.321. The van der Waals surface area contributed by atoms with E-state index in [1.807, 2.05) is 20.8 Å². The predicted octanol–water partition coefficient (Wildman–Crippen LogP) is 3.86. The molecule has 0 N–H and O–H groups in total. The Morgan fingerprint density at radius 3 is 2.47 bits per heavy atom. The zero-order chi connectivity index (χ0) is 13.2. The summed E-state index contributed by atoms with van der Waals surface area (Å²) in [6.07, 6.45) is 0. The predicted molar refractivity (Wildman–Crippen MR) is 74.2 cm³/mol. The third kappa shape index (κ3) is 4.00. The van der Waals surface area contributed by atoms with Crippen molar-refractivity contribution in [2.75, 3.05) is 0 Å². The van der Waals surface area contributed by atoms with Crippen LogP contribution in [0.25, 0.3) is 0 Å². The van der Waals surface area contributed by atoms with Crippen molar-refractivity contribution in [2.45, 2.75) is 32.4 Å². The summed E-state index contributed by atoms with van der Waals surface area (Å²) < 4.78 is 29.0. The molecule has 1 rings (SSSR count). The lowest BCUT2D eigenvalue weighted by Crippen LogP contribution is -2.20. The number of nitrogens with zero attached hydrogens (tertiary/aromatic N) is 1. The SMILES string of the molecule is C/C(=N\[S@@](=O)C(C)(C)C)c1ccc(F)c(Br)c1. The van der Waals surface area contributed by atoms with Gasteiger partial charge < -0.3 is 0 Å². The van der Waals surface area contributed by atoms with Gasteiger partial charge in [-0.15, -0.1) is 0 Å². The van der Waals surface area contributed by atoms with Gasteiger partial charge in [0.05, 0.1) is 14.9 Å². The molecule has 0 aliphatic rings. The van der Waals surface area contributed by atoms with E-state index >= 15 is 0 Å². The minimum Gasteiger partial charge on any atom is -0.234 e. The summed E-state index contributed by atoms with van der Waals surface area (Å²) in [4.78, 5) is 0. The molecule has 0 spiro atoms. The number of benzene rings is 1. The van der Waals surface area contributed by atoms with Crippen LogP contribution in [0.1, 0.15) is 33.3 Å². The normalized spacial score (nSPS) is 14.8. The summed E-state index contributed by atoms with van der Waals surface area (Å²) in [5.74, 6) is -0.321. The fourth-order valence-corrected chi connectivity index (χ4v) is 2.04. The second-order valence-corrected chi connectivity index (χ2v) is 7.43. The molecule has 0 saturated heterocycles. The Hall–Kier alpha value is -0.550. The summed E-state index contributed by atoms with van der Waals surface area (Å²) in [6.45, 7) is 7.35. The van der Waals surface area contributed by atoms with E-state index in [-0.39, 0.29) is 5.82 Å². The molecule has 0 unspecified atom stereocenters. The van der Waals surface area contributed by atoms with Gasteiger partial charge in [0.1, 0.15) is 16.8 Å². The van der Waals surface area contributed by atoms with Gasteiger partial charge in [-0.1, -0.05) is 6.07 Å². The second-order valence-electron chi connectivity index (χ2n) is 4.67. The average molecular weight is 320 g/mol. The van der Waals surface area contributed by atoms with Gasteiger partial charge in [0, 0.05) is 0 Å². The topological polar surface area (TPSA) is 29.4 Å². The van der Waals surface area contributed by atoms with Crippen LogP contribution in [0.2, 0.25) is 0 Å². The summed E-state index contributed by atoms with van der Waals surface area (Å²) in [6, 6.07) is 4.62. The zero-order valence-corrected chi connectivity index (χ0v) is 12.7. The molecule has 17 heavy (non-hydrogen) atoms. The zero-order valence-electron chi connectivity index (χ0n) is 10.3. The first kappa shape index (κ1) is 14.5. The Kier molecular flexibility index (Phi) is 4.61. The highest BCUT2D eigenvalue weighted by molar-refractivity contribution is 9.10. The molecule has 2 nitrogen and oxygen atoms in total. The van der Waals surface area contributed by atoms with Crippen LogP contribution in [0.4, 0.5) is 4.39 Å². The van der Waals surface area contributed by atoms with E-state index in [2.05, 4.69) is 20.3 Å². The molecule has 1 aromatic rings. The van der Waals surface area contributed by atoms with Crippen LogP contribution in [0, 0.1) is 5.82 Å². The monoisotopic (exact) mass is 319 g/mol. The van der Waals surface area contributed by atoms with Gasteiger partial charge in [0.15, 0.2) is 0 Å². The largest absolute Gasteiger partial charge is 0.234 e. The first-order valence-corrected chi connectivity index (χ1v) is 7.04. The summed E-state index contributed by atoms with van der Waals surface area (Å²) in [5.41, 5.74) is 1.40. The Morgan fingerprint density at radius 1 is 1.41 bits per heavy atom. The third-order valence-corrected chi connectivity index (χ3v) is 4.18. The number of halogens is 2. The molecule has 0 bridgehead atoms. The van der Waals surface area contributed by atoms with Crippen LogP contribution >= 0.6 is 15.9 Å². The number of hydrogen-bond acceptors (Lipinski definition) is 1. The molecule has 1 aromatic carbocycles. The van der Waals surface area contributed by atoms with E-state index in [1.54, 1.807) is 19.1 Å². The standard InChI is InChI=1S/C12H15BrFNOS/c1-8(15-17(16)12(2,3)4)9-5-6-11(14)10(13)7-9/h5-7H,1-4H3/b15-8+/t17-/m0/s1. The van der Waals surface area contributed by atoms with E-state index in [1.165, 1.54) is 6.07 Å². The lowest BCUT2D eigenvalue weighted by Gasteiger charge is -2.14.